The molecule has 0 saturated heterocycles. The van der Waals surface area contributed by atoms with Crippen LogP contribution in [0.25, 0.3) is 11.1 Å². The minimum absolute atomic E-state index is 0.0491. The Labute approximate surface area is 369 Å². The van der Waals surface area contributed by atoms with Crippen molar-refractivity contribution in [2.45, 2.75) is 36.8 Å². The number of nitrogens with one attached hydrogen (secondary N) is 3. The van der Waals surface area contributed by atoms with Crippen LogP contribution in [0.4, 0.5) is 0 Å². The Morgan fingerprint density at radius 2 is 1.28 bits per heavy atom. The van der Waals surface area contributed by atoms with E-state index >= 15 is 0 Å². The maximum absolute atomic E-state index is 12.4. The molecule has 5 aliphatic rings. The number of carbonyl (C=O) groups is 3. The summed E-state index contributed by atoms with van der Waals surface area (Å²) in [7, 11) is 0. The molecule has 13 heteroatoms. The number of amides is 3. The van der Waals surface area contributed by atoms with Crippen LogP contribution in [0.15, 0.2) is 180 Å². The van der Waals surface area contributed by atoms with Crippen molar-refractivity contribution in [3.63, 3.8) is 0 Å². The number of hydrogen-bond acceptors (Lipinski definition) is 10. The number of nitrogens with zero attached hydrogens (tertiary/aromatic N) is 6. The molecule has 0 spiro atoms. The number of hydrogen-bond donors (Lipinski definition) is 3. The topological polar surface area (TPSA) is 167 Å². The van der Waals surface area contributed by atoms with Crippen molar-refractivity contribution in [2.75, 3.05) is 19.7 Å². The van der Waals surface area contributed by atoms with Gasteiger partial charge in [0.15, 0.2) is 0 Å². The summed E-state index contributed by atoms with van der Waals surface area (Å²) < 4.78 is 6.11. The molecule has 4 unspecified atom stereocenters. The van der Waals surface area contributed by atoms with Gasteiger partial charge in [-0.25, -0.2) is 4.99 Å². The number of allylic oxidation sites excluding steroid dienone is 5. The lowest BCUT2D eigenvalue weighted by molar-refractivity contribution is -0.137. The van der Waals surface area contributed by atoms with Crippen LogP contribution in [0.2, 0.25) is 0 Å². The number of aromatic amines is 1. The van der Waals surface area contributed by atoms with Crippen molar-refractivity contribution in [2.24, 2.45) is 9.98 Å². The summed E-state index contributed by atoms with van der Waals surface area (Å²) in [6.07, 6.45) is 26.8. The lowest BCUT2D eigenvalue weighted by Crippen LogP contribution is -2.40. The molecular formula is C51H43N9O4. The summed E-state index contributed by atoms with van der Waals surface area (Å²) in [5.74, 6) is -0.538. The third-order valence-electron chi connectivity index (χ3n) is 11.9. The molecule has 0 aliphatic carbocycles. The standard InChI is InChI=1S/C51H43N9O4/c61-45(22-30-60-46(62)14-15-47(60)63)55-23-1-31-64-36-4-2-32(3-5-36)48-37-6-8-39(56-37)49(33-16-24-52-25-17-33)41-10-12-43(58-41)51(35-20-28-54-29-21-35)44-13-11-42(59-44)50(34-18-26-53-27-19-34)40-9-7-38(48)57-40/h2-21,24-29,37,39,48-49,56-57H,1,22-23,30-31H2,(H,55,61)/b50-42?,51-43-. The molecular weight excluding hydrogens is 803 g/mol. The first kappa shape index (κ1) is 40.2. The van der Waals surface area contributed by atoms with Crippen molar-refractivity contribution >= 4 is 40.3 Å². The van der Waals surface area contributed by atoms with Gasteiger partial charge in [0.1, 0.15) is 5.75 Å². The van der Waals surface area contributed by atoms with Gasteiger partial charge in [-0.15, -0.1) is 0 Å². The zero-order valence-electron chi connectivity index (χ0n) is 34.7. The Morgan fingerprint density at radius 1 is 0.656 bits per heavy atom. The molecule has 3 N–H and O–H groups in total. The Morgan fingerprint density at radius 3 is 2.00 bits per heavy atom. The third kappa shape index (κ3) is 8.24. The van der Waals surface area contributed by atoms with Crippen molar-refractivity contribution in [1.29, 1.82) is 0 Å². The molecule has 9 heterocycles. The zero-order valence-corrected chi connectivity index (χ0v) is 34.7. The maximum atomic E-state index is 12.4. The van der Waals surface area contributed by atoms with Crippen LogP contribution in [0, 0.1) is 0 Å². The van der Waals surface area contributed by atoms with E-state index in [2.05, 4.69) is 103 Å². The number of ether oxygens (including phenoxy) is 1. The summed E-state index contributed by atoms with van der Waals surface area (Å²) in [4.78, 5) is 64.5. The summed E-state index contributed by atoms with van der Waals surface area (Å²) in [5.41, 5.74) is 11.4. The van der Waals surface area contributed by atoms with Gasteiger partial charge in [0.05, 0.1) is 29.4 Å². The van der Waals surface area contributed by atoms with Crippen molar-refractivity contribution in [3.05, 3.63) is 204 Å². The normalized spacial score (nSPS) is 22.1. The van der Waals surface area contributed by atoms with Crippen LogP contribution >= 0.6 is 0 Å². The van der Waals surface area contributed by atoms with Gasteiger partial charge in [0.25, 0.3) is 11.8 Å². The van der Waals surface area contributed by atoms with E-state index in [0.717, 1.165) is 72.5 Å². The highest BCUT2D eigenvalue weighted by Crippen LogP contribution is 2.40. The molecule has 5 aliphatic heterocycles. The number of pyridine rings is 3. The van der Waals surface area contributed by atoms with Crippen LogP contribution in [-0.4, -0.2) is 85.8 Å². The molecule has 4 aromatic heterocycles. The quantitative estimate of drug-likeness (QED) is 0.0736. The molecule has 10 rings (SSSR count). The van der Waals surface area contributed by atoms with E-state index in [-0.39, 0.29) is 42.8 Å². The van der Waals surface area contributed by atoms with E-state index in [4.69, 9.17) is 14.7 Å². The van der Waals surface area contributed by atoms with Crippen LogP contribution < -0.4 is 15.4 Å². The maximum Gasteiger partial charge on any atom is 0.253 e. The van der Waals surface area contributed by atoms with Crippen LogP contribution in [0.3, 0.4) is 0 Å². The minimum atomic E-state index is -0.394. The molecule has 3 amide bonds. The largest absolute Gasteiger partial charge is 0.494 e. The fourth-order valence-corrected chi connectivity index (χ4v) is 8.89. The Bertz CT molecular complexity index is 2840. The van der Waals surface area contributed by atoms with Gasteiger partial charge in [-0.2, -0.15) is 0 Å². The van der Waals surface area contributed by atoms with E-state index in [1.54, 1.807) is 24.8 Å². The summed E-state index contributed by atoms with van der Waals surface area (Å²) in [6.45, 7) is 0.852. The smallest absolute Gasteiger partial charge is 0.253 e. The van der Waals surface area contributed by atoms with E-state index in [1.807, 2.05) is 48.8 Å². The Kier molecular flexibility index (Phi) is 11.2. The molecule has 4 atom stereocenters. The fraction of sp³-hybridized carbons (Fsp3) is 0.176. The molecule has 0 saturated carbocycles. The van der Waals surface area contributed by atoms with E-state index < -0.39 is 11.8 Å². The summed E-state index contributed by atoms with van der Waals surface area (Å²) in [5, 5.41) is 6.86. The number of imide groups is 1. The molecule has 0 radical (unpaired) electrons. The van der Waals surface area contributed by atoms with Gasteiger partial charge < -0.3 is 20.4 Å². The fourth-order valence-electron chi connectivity index (χ4n) is 8.89. The molecule has 64 heavy (non-hydrogen) atoms. The molecule has 0 fully saturated rings. The number of aromatic nitrogens is 4. The zero-order chi connectivity index (χ0) is 43.4. The number of benzene rings is 1. The van der Waals surface area contributed by atoms with Crippen molar-refractivity contribution in [1.82, 2.24) is 35.5 Å². The van der Waals surface area contributed by atoms with Gasteiger partial charge in [0.2, 0.25) is 5.91 Å². The SMILES string of the molecule is O=C(CCN1C(=O)C=CC1=O)NCCCOc1ccc(C2c3ccc([nH]3)C(c3ccncc3)=C3C=CC(=N3)/C(c3ccncc3)=C3/C=CC(=N3)C(c3ccncc3)C3C=CC2N3)cc1. The number of fused-ring (bicyclic) bond motifs is 6. The number of carbonyl (C=O) groups excluding carboxylic acids is 3. The number of H-pyrrole nitrogens is 1. The second-order valence-corrected chi connectivity index (χ2v) is 15.9. The van der Waals surface area contributed by atoms with E-state index in [0.29, 0.717) is 25.3 Å². The lowest BCUT2D eigenvalue weighted by Gasteiger charge is -2.28. The Hall–Kier alpha value is -7.90. The van der Waals surface area contributed by atoms with Crippen LogP contribution in [0.5, 0.6) is 5.75 Å². The second kappa shape index (κ2) is 17.8. The van der Waals surface area contributed by atoms with E-state index in [1.165, 1.54) is 12.2 Å². The van der Waals surface area contributed by atoms with Gasteiger partial charge in [-0.05, 0) is 114 Å². The van der Waals surface area contributed by atoms with Gasteiger partial charge >= 0.3 is 0 Å². The predicted molar refractivity (Wildman–Crippen MR) is 244 cm³/mol. The lowest BCUT2D eigenvalue weighted by atomic mass is 9.87. The molecule has 5 aromatic rings. The van der Waals surface area contributed by atoms with Crippen molar-refractivity contribution in [3.8, 4) is 5.75 Å². The van der Waals surface area contributed by atoms with Crippen LogP contribution in [0.1, 0.15) is 58.3 Å². The van der Waals surface area contributed by atoms with Gasteiger partial charge in [0, 0.05) is 115 Å². The predicted octanol–water partition coefficient (Wildman–Crippen LogP) is 6.42. The first-order chi connectivity index (χ1) is 31.5. The average Bonchev–Trinajstić information content (AvgIpc) is 4.20. The monoisotopic (exact) mass is 845 g/mol. The first-order valence-electron chi connectivity index (χ1n) is 21.4. The minimum Gasteiger partial charge on any atom is -0.494 e. The molecule has 8 bridgehead atoms. The van der Waals surface area contributed by atoms with Gasteiger partial charge in [-0.1, -0.05) is 24.3 Å². The number of aliphatic imine (C=N–C) groups is 2. The average molecular weight is 846 g/mol. The highest BCUT2D eigenvalue weighted by molar-refractivity contribution is 6.32. The second-order valence-electron chi connectivity index (χ2n) is 15.9. The van der Waals surface area contributed by atoms with Crippen LogP contribution in [-0.2, 0) is 14.4 Å². The molecule has 316 valence electrons. The Balaban J connectivity index is 0.962. The summed E-state index contributed by atoms with van der Waals surface area (Å²) in [6, 6.07) is 24.5. The molecule has 13 nitrogen and oxygen atoms in total. The van der Waals surface area contributed by atoms with E-state index in [9.17, 15) is 14.4 Å². The molecule has 1 aromatic carbocycles. The van der Waals surface area contributed by atoms with Gasteiger partial charge in [-0.3, -0.25) is 39.2 Å². The highest BCUT2D eigenvalue weighted by Gasteiger charge is 2.36. The summed E-state index contributed by atoms with van der Waals surface area (Å²) >= 11 is 0. The van der Waals surface area contributed by atoms with Crippen molar-refractivity contribution < 1.29 is 19.1 Å². The highest BCUT2D eigenvalue weighted by atomic mass is 16.5. The first-order valence-corrected chi connectivity index (χ1v) is 21.4. The number of rotatable bonds is 12. The third-order valence-corrected chi connectivity index (χ3v) is 11.9.